The normalized spacial score (nSPS) is 12.9. The Balaban J connectivity index is 1.53. The van der Waals surface area contributed by atoms with Crippen molar-refractivity contribution in [1.29, 1.82) is 0 Å². The lowest BCUT2D eigenvalue weighted by molar-refractivity contribution is -0.274. The van der Waals surface area contributed by atoms with Gasteiger partial charge in [-0.3, -0.25) is 9.13 Å². The fourth-order valence-corrected chi connectivity index (χ4v) is 3.53. The highest BCUT2D eigenvalue weighted by Crippen LogP contribution is 2.31. The van der Waals surface area contributed by atoms with Crippen LogP contribution in [-0.2, 0) is 6.54 Å². The van der Waals surface area contributed by atoms with Crippen molar-refractivity contribution in [2.45, 2.75) is 32.7 Å². The summed E-state index contributed by atoms with van der Waals surface area (Å²) >= 11 is 0. The highest BCUT2D eigenvalue weighted by molar-refractivity contribution is 5.62. The minimum absolute atomic E-state index is 0.160. The Morgan fingerprint density at radius 3 is 2.78 bits per heavy atom. The van der Waals surface area contributed by atoms with Gasteiger partial charge in [0.2, 0.25) is 5.95 Å². The number of alkyl halides is 3. The number of rotatable bonds is 4. The molecule has 4 aromatic rings. The second-order valence-corrected chi connectivity index (χ2v) is 7.42. The Bertz CT molecular complexity index is 1290. The van der Waals surface area contributed by atoms with Crippen LogP contribution >= 0.6 is 0 Å². The van der Waals surface area contributed by atoms with Crippen molar-refractivity contribution >= 4 is 5.82 Å². The fraction of sp³-hybridized carbons (Fsp3) is 0.250. The number of hydrogen-bond acceptors (Lipinski definition) is 7. The van der Waals surface area contributed by atoms with E-state index in [9.17, 15) is 13.2 Å². The van der Waals surface area contributed by atoms with E-state index < -0.39 is 6.36 Å². The molecule has 164 valence electrons. The molecule has 1 aliphatic rings. The van der Waals surface area contributed by atoms with Crippen LogP contribution in [0.25, 0.3) is 23.0 Å². The summed E-state index contributed by atoms with van der Waals surface area (Å²) < 4.78 is 45.4. The van der Waals surface area contributed by atoms with Crippen LogP contribution < -0.4 is 10.1 Å². The summed E-state index contributed by atoms with van der Waals surface area (Å²) in [7, 11) is 0. The molecule has 3 aromatic heterocycles. The molecule has 0 spiro atoms. The van der Waals surface area contributed by atoms with E-state index in [1.54, 1.807) is 23.0 Å². The molecule has 5 rings (SSSR count). The molecule has 0 amide bonds. The van der Waals surface area contributed by atoms with E-state index >= 15 is 0 Å². The molecular weight excluding hydrogens is 425 g/mol. The van der Waals surface area contributed by atoms with Crippen molar-refractivity contribution in [3.63, 3.8) is 0 Å². The summed E-state index contributed by atoms with van der Waals surface area (Å²) in [4.78, 5) is 13.4. The van der Waals surface area contributed by atoms with E-state index in [1.165, 1.54) is 24.4 Å². The third-order valence-corrected chi connectivity index (χ3v) is 4.87. The van der Waals surface area contributed by atoms with Gasteiger partial charge >= 0.3 is 6.36 Å². The minimum Gasteiger partial charge on any atom is -0.406 e. The number of nitrogens with one attached hydrogen (secondary N) is 1. The molecule has 9 nitrogen and oxygen atoms in total. The van der Waals surface area contributed by atoms with Crippen molar-refractivity contribution in [3.8, 4) is 28.8 Å². The molecule has 0 atom stereocenters. The number of nitrogens with zero attached hydrogens (tertiary/aromatic N) is 7. The summed E-state index contributed by atoms with van der Waals surface area (Å²) in [6, 6.07) is 5.59. The van der Waals surface area contributed by atoms with Crippen LogP contribution in [0, 0.1) is 0 Å². The van der Waals surface area contributed by atoms with Gasteiger partial charge in [-0.2, -0.15) is 4.98 Å². The van der Waals surface area contributed by atoms with Gasteiger partial charge in [-0.25, -0.2) is 9.97 Å². The average molecular weight is 442 g/mol. The summed E-state index contributed by atoms with van der Waals surface area (Å²) in [6.07, 6.45) is 0.0469. The molecule has 1 N–H and O–H groups in total. The molecule has 1 aromatic carbocycles. The first-order chi connectivity index (χ1) is 15.3. The molecule has 0 radical (unpaired) electrons. The molecule has 0 unspecified atom stereocenters. The van der Waals surface area contributed by atoms with Gasteiger partial charge in [0.1, 0.15) is 23.1 Å². The number of hydrogen-bond donors (Lipinski definition) is 1. The molecule has 0 saturated heterocycles. The molecule has 12 heteroatoms. The number of halogens is 3. The van der Waals surface area contributed by atoms with Gasteiger partial charge in [-0.05, 0) is 12.1 Å². The zero-order valence-corrected chi connectivity index (χ0v) is 17.0. The second-order valence-electron chi connectivity index (χ2n) is 7.42. The minimum atomic E-state index is -4.78. The Hall–Kier alpha value is -3.96. The Labute approximate surface area is 179 Å². The predicted octanol–water partition coefficient (Wildman–Crippen LogP) is 3.86. The average Bonchev–Trinajstić information content (AvgIpc) is 3.39. The number of anilines is 1. The van der Waals surface area contributed by atoms with Crippen LogP contribution in [0.15, 0.2) is 42.9 Å². The Morgan fingerprint density at radius 2 is 2.00 bits per heavy atom. The summed E-state index contributed by atoms with van der Waals surface area (Å²) in [6.45, 7) is 4.52. The van der Waals surface area contributed by atoms with Gasteiger partial charge in [-0.15, -0.1) is 23.4 Å². The molecular formula is C20H17F3N8O. The number of aromatic nitrogens is 7. The van der Waals surface area contributed by atoms with Crippen molar-refractivity contribution < 1.29 is 17.9 Å². The van der Waals surface area contributed by atoms with Crippen LogP contribution in [0.1, 0.15) is 31.4 Å². The predicted molar refractivity (Wildman–Crippen MR) is 108 cm³/mol. The quantitative estimate of drug-likeness (QED) is 0.513. The van der Waals surface area contributed by atoms with E-state index in [1.807, 2.05) is 18.4 Å². The molecule has 32 heavy (non-hydrogen) atoms. The van der Waals surface area contributed by atoms with E-state index in [0.29, 0.717) is 29.7 Å². The van der Waals surface area contributed by atoms with Crippen molar-refractivity contribution in [3.05, 3.63) is 54.5 Å². The van der Waals surface area contributed by atoms with Crippen molar-refractivity contribution in [1.82, 2.24) is 34.3 Å². The first kappa shape index (κ1) is 20.0. The van der Waals surface area contributed by atoms with Crippen molar-refractivity contribution in [2.75, 3.05) is 5.32 Å². The number of fused-ring (bicyclic) bond motifs is 3. The van der Waals surface area contributed by atoms with Gasteiger partial charge in [0.05, 0.1) is 12.7 Å². The number of benzene rings is 1. The lowest BCUT2D eigenvalue weighted by Crippen LogP contribution is -2.20. The smallest absolute Gasteiger partial charge is 0.406 e. The molecule has 0 saturated carbocycles. The molecule has 0 bridgehead atoms. The van der Waals surface area contributed by atoms with Gasteiger partial charge < -0.3 is 10.1 Å². The monoisotopic (exact) mass is 442 g/mol. The van der Waals surface area contributed by atoms with Gasteiger partial charge in [0.25, 0.3) is 0 Å². The van der Waals surface area contributed by atoms with Crippen LogP contribution in [0.3, 0.4) is 0 Å². The van der Waals surface area contributed by atoms with Gasteiger partial charge in [-0.1, -0.05) is 26.0 Å². The molecule has 0 fully saturated rings. The van der Waals surface area contributed by atoms with Gasteiger partial charge in [0, 0.05) is 23.9 Å². The maximum atomic E-state index is 12.6. The van der Waals surface area contributed by atoms with E-state index in [-0.39, 0.29) is 11.7 Å². The maximum absolute atomic E-state index is 12.6. The van der Waals surface area contributed by atoms with Crippen LogP contribution in [-0.4, -0.2) is 40.6 Å². The van der Waals surface area contributed by atoms with Gasteiger partial charge in [0.15, 0.2) is 11.6 Å². The summed E-state index contributed by atoms with van der Waals surface area (Å²) in [5.74, 6) is 2.69. The first-order valence-electron chi connectivity index (χ1n) is 9.75. The number of imidazole rings is 1. The SMILES string of the molecule is CC(C)c1nnc2n1-c1cnc(-n3ccnc3-c3cccc(OC(F)(F)F)c3)nc1NC2. The molecule has 4 heterocycles. The van der Waals surface area contributed by atoms with Crippen molar-refractivity contribution in [2.24, 2.45) is 0 Å². The lowest BCUT2D eigenvalue weighted by atomic mass is 10.2. The topological polar surface area (TPSA) is 95.6 Å². The third-order valence-electron chi connectivity index (χ3n) is 4.87. The van der Waals surface area contributed by atoms with Crippen LogP contribution in [0.4, 0.5) is 19.0 Å². The maximum Gasteiger partial charge on any atom is 0.573 e. The van der Waals surface area contributed by atoms with E-state index in [4.69, 9.17) is 0 Å². The largest absolute Gasteiger partial charge is 0.573 e. The Morgan fingerprint density at radius 1 is 1.16 bits per heavy atom. The van der Waals surface area contributed by atoms with E-state index in [2.05, 4.69) is 35.2 Å². The first-order valence-corrected chi connectivity index (χ1v) is 9.75. The summed E-state index contributed by atoms with van der Waals surface area (Å²) in [5.41, 5.74) is 1.15. The van der Waals surface area contributed by atoms with E-state index in [0.717, 1.165) is 17.3 Å². The third kappa shape index (κ3) is 3.53. The second kappa shape index (κ2) is 7.32. The Kier molecular flexibility index (Phi) is 4.57. The van der Waals surface area contributed by atoms with Crippen LogP contribution in [0.5, 0.6) is 5.75 Å². The standard InChI is InChI=1S/C20H17F3N8O/c1-11(2)17-29-28-15-10-25-16-14(31(15)17)9-26-19(27-16)30-7-6-24-18(30)12-4-3-5-13(8-12)32-20(21,22)23/h3-9,11H,10H2,1-2H3,(H,25,26,27). The highest BCUT2D eigenvalue weighted by Gasteiger charge is 2.31. The zero-order valence-electron chi connectivity index (χ0n) is 17.0. The summed E-state index contributed by atoms with van der Waals surface area (Å²) in [5, 5.41) is 11.7. The molecule has 1 aliphatic heterocycles. The fourth-order valence-electron chi connectivity index (χ4n) is 3.53. The lowest BCUT2D eigenvalue weighted by Gasteiger charge is -2.21. The zero-order chi connectivity index (χ0) is 22.5. The highest BCUT2D eigenvalue weighted by atomic mass is 19.4. The number of ether oxygens (including phenoxy) is 1. The molecule has 0 aliphatic carbocycles. The van der Waals surface area contributed by atoms with Crippen LogP contribution in [0.2, 0.25) is 0 Å².